The number of benzene rings is 2. The highest BCUT2D eigenvalue weighted by Gasteiger charge is 2.23. The molecule has 2 atom stereocenters. The molecule has 1 N–H and O–H groups in total. The van der Waals surface area contributed by atoms with Crippen LogP contribution >= 0.6 is 0 Å². The monoisotopic (exact) mass is 424 g/mol. The normalized spacial score (nSPS) is 18.2. The van der Waals surface area contributed by atoms with Crippen molar-refractivity contribution in [3.05, 3.63) is 59.7 Å². The molecule has 6 heteroatoms. The minimum Gasteiger partial charge on any atom is -0.486 e. The first-order valence-corrected chi connectivity index (χ1v) is 11.2. The van der Waals surface area contributed by atoms with Gasteiger partial charge in [0, 0.05) is 25.6 Å². The van der Waals surface area contributed by atoms with Crippen LogP contribution < -0.4 is 14.8 Å². The van der Waals surface area contributed by atoms with Gasteiger partial charge < -0.3 is 19.5 Å². The third-order valence-electron chi connectivity index (χ3n) is 5.93. The van der Waals surface area contributed by atoms with Crippen molar-refractivity contribution in [1.29, 1.82) is 0 Å². The van der Waals surface area contributed by atoms with Crippen LogP contribution in [0.2, 0.25) is 0 Å². The van der Waals surface area contributed by atoms with Gasteiger partial charge in [0.15, 0.2) is 11.5 Å². The van der Waals surface area contributed by atoms with E-state index in [4.69, 9.17) is 14.2 Å². The molecule has 1 fully saturated rings. The van der Waals surface area contributed by atoms with Crippen LogP contribution in [0, 0.1) is 5.92 Å². The SMILES string of the molecule is C[C@@H](CN1CCOCC1)C(=O)N[C@@H](CCc1ccccc1)c1ccc2c(c1)OCCO2. The molecule has 1 saturated heterocycles. The number of morpholine rings is 1. The van der Waals surface area contributed by atoms with Crippen LogP contribution in [0.15, 0.2) is 48.5 Å². The van der Waals surface area contributed by atoms with Crippen LogP contribution in [0.5, 0.6) is 11.5 Å². The van der Waals surface area contributed by atoms with Gasteiger partial charge in [0.2, 0.25) is 5.91 Å². The van der Waals surface area contributed by atoms with Gasteiger partial charge in [-0.3, -0.25) is 9.69 Å². The maximum absolute atomic E-state index is 13.1. The van der Waals surface area contributed by atoms with Crippen molar-refractivity contribution in [3.8, 4) is 11.5 Å². The van der Waals surface area contributed by atoms with Crippen molar-refractivity contribution in [1.82, 2.24) is 10.2 Å². The number of aryl methyl sites for hydroxylation is 1. The zero-order valence-electron chi connectivity index (χ0n) is 18.2. The number of hydrogen-bond donors (Lipinski definition) is 1. The Balaban J connectivity index is 1.45. The number of carbonyl (C=O) groups is 1. The molecule has 2 aliphatic heterocycles. The maximum Gasteiger partial charge on any atom is 0.224 e. The summed E-state index contributed by atoms with van der Waals surface area (Å²) in [5.74, 6) is 1.52. The van der Waals surface area contributed by atoms with Gasteiger partial charge in [0.1, 0.15) is 13.2 Å². The van der Waals surface area contributed by atoms with E-state index in [2.05, 4.69) is 34.5 Å². The Bertz CT molecular complexity index is 852. The van der Waals surface area contributed by atoms with Gasteiger partial charge in [0.05, 0.1) is 19.3 Å². The largest absolute Gasteiger partial charge is 0.486 e. The lowest BCUT2D eigenvalue weighted by molar-refractivity contribution is -0.126. The molecule has 1 amide bonds. The molecule has 4 rings (SSSR count). The molecule has 2 aromatic carbocycles. The number of hydrogen-bond acceptors (Lipinski definition) is 5. The Morgan fingerprint density at radius 3 is 2.52 bits per heavy atom. The molecule has 166 valence electrons. The Labute approximate surface area is 184 Å². The van der Waals surface area contributed by atoms with Crippen LogP contribution in [0.1, 0.15) is 30.5 Å². The van der Waals surface area contributed by atoms with Crippen molar-refractivity contribution < 1.29 is 19.0 Å². The number of rotatable bonds is 8. The van der Waals surface area contributed by atoms with Crippen LogP contribution in [-0.4, -0.2) is 56.9 Å². The number of amides is 1. The Kier molecular flexibility index (Phi) is 7.43. The Morgan fingerprint density at radius 2 is 1.74 bits per heavy atom. The first kappa shape index (κ1) is 21.7. The molecule has 31 heavy (non-hydrogen) atoms. The van der Waals surface area contributed by atoms with Crippen LogP contribution in [-0.2, 0) is 16.0 Å². The van der Waals surface area contributed by atoms with Gasteiger partial charge in [-0.15, -0.1) is 0 Å². The van der Waals surface area contributed by atoms with Gasteiger partial charge in [-0.25, -0.2) is 0 Å². The Hall–Kier alpha value is -2.57. The zero-order valence-corrected chi connectivity index (χ0v) is 18.2. The molecule has 0 spiro atoms. The summed E-state index contributed by atoms with van der Waals surface area (Å²) >= 11 is 0. The van der Waals surface area contributed by atoms with E-state index in [0.29, 0.717) is 13.2 Å². The number of nitrogens with one attached hydrogen (secondary N) is 1. The Morgan fingerprint density at radius 1 is 1.00 bits per heavy atom. The summed E-state index contributed by atoms with van der Waals surface area (Å²) in [5, 5.41) is 3.31. The fourth-order valence-corrected chi connectivity index (χ4v) is 4.12. The molecule has 0 radical (unpaired) electrons. The smallest absolute Gasteiger partial charge is 0.224 e. The second-order valence-corrected chi connectivity index (χ2v) is 8.30. The summed E-state index contributed by atoms with van der Waals surface area (Å²) in [5.41, 5.74) is 2.31. The molecule has 2 aliphatic rings. The molecule has 6 nitrogen and oxygen atoms in total. The van der Waals surface area contributed by atoms with Crippen molar-refractivity contribution in [2.45, 2.75) is 25.8 Å². The van der Waals surface area contributed by atoms with Gasteiger partial charge in [0.25, 0.3) is 0 Å². The van der Waals surface area contributed by atoms with Crippen LogP contribution in [0.25, 0.3) is 0 Å². The van der Waals surface area contributed by atoms with E-state index in [9.17, 15) is 4.79 Å². The molecule has 2 aromatic rings. The number of nitrogens with zero attached hydrogens (tertiary/aromatic N) is 1. The van der Waals surface area contributed by atoms with E-state index in [0.717, 1.165) is 62.8 Å². The van der Waals surface area contributed by atoms with E-state index in [-0.39, 0.29) is 17.9 Å². The minimum absolute atomic E-state index is 0.0828. The summed E-state index contributed by atoms with van der Waals surface area (Å²) in [6, 6.07) is 16.3. The molecule has 2 heterocycles. The van der Waals surface area contributed by atoms with Crippen molar-refractivity contribution >= 4 is 5.91 Å². The van der Waals surface area contributed by atoms with Gasteiger partial charge in [-0.1, -0.05) is 43.3 Å². The maximum atomic E-state index is 13.1. The third-order valence-corrected chi connectivity index (χ3v) is 5.93. The van der Waals surface area contributed by atoms with E-state index < -0.39 is 0 Å². The zero-order chi connectivity index (χ0) is 21.5. The standard InChI is InChI=1S/C25H32N2O4/c1-19(18-27-11-13-29-14-12-27)25(28)26-22(9-7-20-5-3-2-4-6-20)21-8-10-23-24(17-21)31-16-15-30-23/h2-6,8,10,17,19,22H,7,9,11-16,18H2,1H3,(H,26,28)/t19-,22-/m0/s1. The predicted molar refractivity (Wildman–Crippen MR) is 120 cm³/mol. The van der Waals surface area contributed by atoms with E-state index in [1.165, 1.54) is 5.56 Å². The molecule has 0 unspecified atom stereocenters. The summed E-state index contributed by atoms with van der Waals surface area (Å²) in [4.78, 5) is 15.4. The topological polar surface area (TPSA) is 60.0 Å². The van der Waals surface area contributed by atoms with Gasteiger partial charge in [-0.2, -0.15) is 0 Å². The van der Waals surface area contributed by atoms with Gasteiger partial charge in [-0.05, 0) is 36.1 Å². The number of ether oxygens (including phenoxy) is 3. The number of fused-ring (bicyclic) bond motifs is 1. The molecule has 0 saturated carbocycles. The average molecular weight is 425 g/mol. The second-order valence-electron chi connectivity index (χ2n) is 8.30. The van der Waals surface area contributed by atoms with E-state index in [1.54, 1.807) is 0 Å². The van der Waals surface area contributed by atoms with Crippen LogP contribution in [0.3, 0.4) is 0 Å². The summed E-state index contributed by atoms with van der Waals surface area (Å²) in [6.07, 6.45) is 1.71. The molecule has 0 aliphatic carbocycles. The first-order chi connectivity index (χ1) is 15.2. The van der Waals surface area contributed by atoms with Crippen molar-refractivity contribution in [2.24, 2.45) is 5.92 Å². The summed E-state index contributed by atoms with van der Waals surface area (Å²) in [6.45, 7) is 7.13. The highest BCUT2D eigenvalue weighted by atomic mass is 16.6. The molecular formula is C25H32N2O4. The van der Waals surface area contributed by atoms with Crippen molar-refractivity contribution in [2.75, 3.05) is 46.1 Å². The van der Waals surface area contributed by atoms with Crippen molar-refractivity contribution in [3.63, 3.8) is 0 Å². The van der Waals surface area contributed by atoms with E-state index >= 15 is 0 Å². The second kappa shape index (κ2) is 10.6. The lowest BCUT2D eigenvalue weighted by Gasteiger charge is -2.29. The fraction of sp³-hybridized carbons (Fsp3) is 0.480. The van der Waals surface area contributed by atoms with Gasteiger partial charge >= 0.3 is 0 Å². The van der Waals surface area contributed by atoms with E-state index in [1.807, 2.05) is 31.2 Å². The molecule has 0 bridgehead atoms. The molecule has 0 aromatic heterocycles. The summed E-state index contributed by atoms with van der Waals surface area (Å²) in [7, 11) is 0. The average Bonchev–Trinajstić information content (AvgIpc) is 2.82. The first-order valence-electron chi connectivity index (χ1n) is 11.2. The lowest BCUT2D eigenvalue weighted by atomic mass is 9.97. The van der Waals surface area contributed by atoms with Crippen LogP contribution in [0.4, 0.5) is 0 Å². The molecular weight excluding hydrogens is 392 g/mol. The highest BCUT2D eigenvalue weighted by molar-refractivity contribution is 5.79. The number of carbonyl (C=O) groups excluding carboxylic acids is 1. The lowest BCUT2D eigenvalue weighted by Crippen LogP contribution is -2.43. The fourth-order valence-electron chi connectivity index (χ4n) is 4.12. The predicted octanol–water partition coefficient (Wildman–Crippen LogP) is 3.22. The highest BCUT2D eigenvalue weighted by Crippen LogP contribution is 2.33. The minimum atomic E-state index is -0.0884. The quantitative estimate of drug-likeness (QED) is 0.705. The third kappa shape index (κ3) is 5.99. The summed E-state index contributed by atoms with van der Waals surface area (Å²) < 4.78 is 16.9.